The van der Waals surface area contributed by atoms with Crippen molar-refractivity contribution in [2.24, 2.45) is 5.92 Å². The van der Waals surface area contributed by atoms with E-state index in [-0.39, 0.29) is 30.9 Å². The molecule has 10 heteroatoms. The summed E-state index contributed by atoms with van der Waals surface area (Å²) in [6, 6.07) is 0. The summed E-state index contributed by atoms with van der Waals surface area (Å²) in [7, 11) is 0. The molecular formula is C23H38N2O8. The van der Waals surface area contributed by atoms with E-state index in [2.05, 4.69) is 23.8 Å². The standard InChI is InChI=1S/C23H38N2O8/c1-10-30-20(28)24-14-12-13-17(7)23(32-18(26)15(3)4,33-19(27)16(5)6)22(8,9)25-21(29)31-11-2/h17H,3,5,10-14H2,1-2,4,6-9H3,(H,24,28)(H,25,29). The van der Waals surface area contributed by atoms with Gasteiger partial charge in [-0.3, -0.25) is 0 Å². The highest BCUT2D eigenvalue weighted by Gasteiger charge is 2.57. The van der Waals surface area contributed by atoms with Crippen LogP contribution in [0.15, 0.2) is 24.3 Å². The molecule has 188 valence electrons. The van der Waals surface area contributed by atoms with Crippen LogP contribution in [0.25, 0.3) is 0 Å². The molecule has 0 rings (SSSR count). The number of hydrogen-bond donors (Lipinski definition) is 2. The van der Waals surface area contributed by atoms with Crippen LogP contribution in [0.2, 0.25) is 0 Å². The van der Waals surface area contributed by atoms with Gasteiger partial charge in [-0.25, -0.2) is 19.2 Å². The molecule has 0 aromatic carbocycles. The molecule has 0 aromatic heterocycles. The van der Waals surface area contributed by atoms with Crippen LogP contribution >= 0.6 is 0 Å². The van der Waals surface area contributed by atoms with Crippen LogP contribution in [-0.4, -0.2) is 55.2 Å². The van der Waals surface area contributed by atoms with Crippen LogP contribution < -0.4 is 10.6 Å². The van der Waals surface area contributed by atoms with Crippen molar-refractivity contribution in [3.05, 3.63) is 24.3 Å². The van der Waals surface area contributed by atoms with Crippen LogP contribution in [0, 0.1) is 5.92 Å². The maximum absolute atomic E-state index is 12.6. The molecule has 0 saturated carbocycles. The lowest BCUT2D eigenvalue weighted by Crippen LogP contribution is -2.67. The van der Waals surface area contributed by atoms with E-state index in [9.17, 15) is 19.2 Å². The van der Waals surface area contributed by atoms with Gasteiger partial charge in [0.25, 0.3) is 5.79 Å². The van der Waals surface area contributed by atoms with Crippen molar-refractivity contribution in [3.63, 3.8) is 0 Å². The number of nitrogens with one attached hydrogen (secondary N) is 2. The topological polar surface area (TPSA) is 129 Å². The van der Waals surface area contributed by atoms with E-state index in [4.69, 9.17) is 18.9 Å². The number of hydrogen-bond acceptors (Lipinski definition) is 8. The molecule has 0 bridgehead atoms. The van der Waals surface area contributed by atoms with Crippen LogP contribution in [-0.2, 0) is 28.5 Å². The van der Waals surface area contributed by atoms with Gasteiger partial charge in [-0.05, 0) is 54.4 Å². The van der Waals surface area contributed by atoms with E-state index >= 15 is 0 Å². The Morgan fingerprint density at radius 1 is 0.879 bits per heavy atom. The van der Waals surface area contributed by atoms with Crippen molar-refractivity contribution < 1.29 is 38.1 Å². The van der Waals surface area contributed by atoms with Gasteiger partial charge < -0.3 is 29.6 Å². The van der Waals surface area contributed by atoms with Crippen molar-refractivity contribution in [2.75, 3.05) is 19.8 Å². The zero-order valence-electron chi connectivity index (χ0n) is 20.8. The third-order valence-electron chi connectivity index (χ3n) is 4.75. The van der Waals surface area contributed by atoms with Gasteiger partial charge in [0, 0.05) is 23.6 Å². The molecule has 0 saturated heterocycles. The van der Waals surface area contributed by atoms with Gasteiger partial charge in [-0.2, -0.15) is 0 Å². The molecule has 0 heterocycles. The normalized spacial score (nSPS) is 12.1. The Morgan fingerprint density at radius 2 is 1.33 bits per heavy atom. The number of esters is 2. The van der Waals surface area contributed by atoms with Gasteiger partial charge in [-0.1, -0.05) is 20.1 Å². The molecule has 10 nitrogen and oxygen atoms in total. The molecule has 0 spiro atoms. The zero-order valence-corrected chi connectivity index (χ0v) is 20.8. The third-order valence-corrected chi connectivity index (χ3v) is 4.75. The molecule has 33 heavy (non-hydrogen) atoms. The van der Waals surface area contributed by atoms with Gasteiger partial charge in [-0.15, -0.1) is 0 Å². The van der Waals surface area contributed by atoms with E-state index in [1.807, 2.05) is 0 Å². The Labute approximate surface area is 196 Å². The maximum Gasteiger partial charge on any atom is 0.407 e. The van der Waals surface area contributed by atoms with E-state index in [0.29, 0.717) is 12.8 Å². The summed E-state index contributed by atoms with van der Waals surface area (Å²) in [5, 5.41) is 5.23. The Kier molecular flexibility index (Phi) is 12.3. The quantitative estimate of drug-likeness (QED) is 0.137. The van der Waals surface area contributed by atoms with Crippen molar-refractivity contribution in [1.29, 1.82) is 0 Å². The minimum absolute atomic E-state index is 0.0776. The summed E-state index contributed by atoms with van der Waals surface area (Å²) in [5.74, 6) is -4.19. The third kappa shape index (κ3) is 9.15. The molecule has 0 radical (unpaired) electrons. The zero-order chi connectivity index (χ0) is 25.8. The second-order valence-electron chi connectivity index (χ2n) is 8.17. The first-order valence-corrected chi connectivity index (χ1v) is 10.9. The molecule has 0 fully saturated rings. The van der Waals surface area contributed by atoms with E-state index in [0.717, 1.165) is 0 Å². The fourth-order valence-corrected chi connectivity index (χ4v) is 3.02. The monoisotopic (exact) mass is 470 g/mol. The predicted octanol–water partition coefficient (Wildman–Crippen LogP) is 3.61. The minimum Gasteiger partial charge on any atom is -0.450 e. The summed E-state index contributed by atoms with van der Waals surface area (Å²) in [6.45, 7) is 18.9. The van der Waals surface area contributed by atoms with Crippen LogP contribution in [0.1, 0.15) is 61.3 Å². The second-order valence-corrected chi connectivity index (χ2v) is 8.17. The van der Waals surface area contributed by atoms with E-state index < -0.39 is 41.4 Å². The van der Waals surface area contributed by atoms with Crippen LogP contribution in [0.5, 0.6) is 0 Å². The number of alkyl carbamates (subject to hydrolysis) is 2. The van der Waals surface area contributed by atoms with Crippen molar-refractivity contribution >= 4 is 24.1 Å². The number of amides is 2. The summed E-state index contributed by atoms with van der Waals surface area (Å²) >= 11 is 0. The first-order chi connectivity index (χ1) is 15.2. The second kappa shape index (κ2) is 13.5. The summed E-state index contributed by atoms with van der Waals surface area (Å²) in [6.07, 6.45) is -0.552. The average molecular weight is 471 g/mol. The molecule has 0 aliphatic carbocycles. The largest absolute Gasteiger partial charge is 0.450 e. The molecule has 1 unspecified atom stereocenters. The summed E-state index contributed by atoms with van der Waals surface area (Å²) in [5.41, 5.74) is -1.27. The van der Waals surface area contributed by atoms with Crippen LogP contribution in [0.3, 0.4) is 0 Å². The highest BCUT2D eigenvalue weighted by atomic mass is 16.7. The Morgan fingerprint density at radius 3 is 1.76 bits per heavy atom. The fraction of sp³-hybridized carbons (Fsp3) is 0.652. The average Bonchev–Trinajstić information content (AvgIpc) is 2.69. The molecule has 0 aliphatic heterocycles. The number of carbonyl (C=O) groups excluding carboxylic acids is 4. The smallest absolute Gasteiger partial charge is 0.407 e. The van der Waals surface area contributed by atoms with Gasteiger partial charge in [0.15, 0.2) is 0 Å². The highest BCUT2D eigenvalue weighted by molar-refractivity contribution is 5.89. The number of carbonyl (C=O) groups is 4. The van der Waals surface area contributed by atoms with Crippen molar-refractivity contribution in [2.45, 2.75) is 72.6 Å². The van der Waals surface area contributed by atoms with Gasteiger partial charge >= 0.3 is 24.1 Å². The fourth-order valence-electron chi connectivity index (χ4n) is 3.02. The van der Waals surface area contributed by atoms with Crippen LogP contribution in [0.4, 0.5) is 9.59 Å². The van der Waals surface area contributed by atoms with Crippen molar-refractivity contribution in [3.8, 4) is 0 Å². The lowest BCUT2D eigenvalue weighted by atomic mass is 9.80. The molecule has 0 aromatic rings. The minimum atomic E-state index is -1.95. The molecular weight excluding hydrogens is 432 g/mol. The Balaban J connectivity index is 6.12. The summed E-state index contributed by atoms with van der Waals surface area (Å²) < 4.78 is 21.3. The van der Waals surface area contributed by atoms with Gasteiger partial charge in [0.2, 0.25) is 0 Å². The van der Waals surface area contributed by atoms with E-state index in [1.165, 1.54) is 13.8 Å². The number of ether oxygens (including phenoxy) is 4. The van der Waals surface area contributed by atoms with Gasteiger partial charge in [0.05, 0.1) is 13.2 Å². The Hall–Kier alpha value is -3.04. The maximum atomic E-state index is 12.6. The Bertz CT molecular complexity index is 717. The lowest BCUT2D eigenvalue weighted by Gasteiger charge is -2.47. The van der Waals surface area contributed by atoms with Gasteiger partial charge in [0.1, 0.15) is 5.54 Å². The lowest BCUT2D eigenvalue weighted by molar-refractivity contribution is -0.269. The molecule has 2 amide bonds. The first kappa shape index (κ1) is 30.0. The first-order valence-electron chi connectivity index (χ1n) is 10.9. The SMILES string of the molecule is C=C(C)C(=O)OC(OC(=O)C(=C)C)(C(C)CCCNC(=O)OCC)C(C)(C)NC(=O)OCC. The molecule has 2 N–H and O–H groups in total. The summed E-state index contributed by atoms with van der Waals surface area (Å²) in [4.78, 5) is 49.0. The highest BCUT2D eigenvalue weighted by Crippen LogP contribution is 2.39. The number of rotatable bonds is 13. The van der Waals surface area contributed by atoms with Crippen molar-refractivity contribution in [1.82, 2.24) is 10.6 Å². The molecule has 1 atom stereocenters. The van der Waals surface area contributed by atoms with E-state index in [1.54, 1.807) is 34.6 Å². The molecule has 0 aliphatic rings. The predicted molar refractivity (Wildman–Crippen MR) is 122 cm³/mol.